The van der Waals surface area contributed by atoms with Gasteiger partial charge in [0.15, 0.2) is 0 Å². The predicted molar refractivity (Wildman–Crippen MR) is 94.8 cm³/mol. The molecule has 1 saturated heterocycles. The van der Waals surface area contributed by atoms with Crippen LogP contribution < -0.4 is 0 Å². The summed E-state index contributed by atoms with van der Waals surface area (Å²) in [6.45, 7) is 1.34. The molecule has 1 amide bonds. The first kappa shape index (κ1) is 17.8. The zero-order valence-electron chi connectivity index (χ0n) is 13.8. The molecule has 0 saturated carbocycles. The molecule has 1 aromatic heterocycles. The maximum atomic E-state index is 12.8. The molecule has 2 aromatic rings. The summed E-state index contributed by atoms with van der Waals surface area (Å²) in [5.41, 5.74) is 1.76. The van der Waals surface area contributed by atoms with Crippen LogP contribution >= 0.6 is 11.6 Å². The van der Waals surface area contributed by atoms with Crippen molar-refractivity contribution in [3.05, 3.63) is 35.0 Å². The number of halogens is 1. The van der Waals surface area contributed by atoms with Crippen LogP contribution in [0.2, 0.25) is 5.02 Å². The highest BCUT2D eigenvalue weighted by Gasteiger charge is 2.23. The van der Waals surface area contributed by atoms with Gasteiger partial charge in [-0.15, -0.1) is 0 Å². The van der Waals surface area contributed by atoms with Gasteiger partial charge in [0, 0.05) is 41.8 Å². The molecule has 0 spiro atoms. The molecule has 1 atom stereocenters. The Hall–Kier alpha value is -2.05. The normalized spacial score (nSPS) is 17.1. The monoisotopic (exact) mass is 364 g/mol. The Morgan fingerprint density at radius 3 is 2.96 bits per heavy atom. The average Bonchev–Trinajstić information content (AvgIpc) is 3.21. The first-order valence-electron chi connectivity index (χ1n) is 8.39. The van der Waals surface area contributed by atoms with Crippen LogP contribution in [0.4, 0.5) is 0 Å². The van der Waals surface area contributed by atoms with E-state index < -0.39 is 5.97 Å². The van der Waals surface area contributed by atoms with Crippen molar-refractivity contribution < 1.29 is 19.4 Å². The number of hydrogen-bond acceptors (Lipinski definition) is 3. The minimum atomic E-state index is -0.910. The van der Waals surface area contributed by atoms with Crippen molar-refractivity contribution in [1.29, 1.82) is 0 Å². The van der Waals surface area contributed by atoms with E-state index in [4.69, 9.17) is 21.4 Å². The van der Waals surface area contributed by atoms with Crippen LogP contribution in [-0.4, -0.2) is 52.7 Å². The Morgan fingerprint density at radius 2 is 2.24 bits per heavy atom. The molecule has 1 aromatic carbocycles. The minimum absolute atomic E-state index is 0.000444. The van der Waals surface area contributed by atoms with E-state index in [1.165, 1.54) is 0 Å². The Labute approximate surface area is 150 Å². The topological polar surface area (TPSA) is 82.6 Å². The lowest BCUT2D eigenvalue weighted by atomic mass is 10.1. The summed E-state index contributed by atoms with van der Waals surface area (Å²) in [5, 5.41) is 10.5. The fraction of sp³-hybridized carbons (Fsp3) is 0.444. The predicted octanol–water partition coefficient (Wildman–Crippen LogP) is 2.85. The van der Waals surface area contributed by atoms with Crippen molar-refractivity contribution in [2.75, 3.05) is 19.7 Å². The molecule has 0 bridgehead atoms. The summed E-state index contributed by atoms with van der Waals surface area (Å²) in [6, 6.07) is 5.50. The van der Waals surface area contributed by atoms with Crippen LogP contribution in [0.1, 0.15) is 24.8 Å². The molecule has 7 heteroatoms. The Balaban J connectivity index is 1.72. The first-order chi connectivity index (χ1) is 12.0. The molecule has 3 rings (SSSR count). The fourth-order valence-electron chi connectivity index (χ4n) is 3.16. The number of hydrogen-bond donors (Lipinski definition) is 2. The Kier molecular flexibility index (Phi) is 5.60. The number of carbonyl (C=O) groups is 2. The number of aromatic amines is 1. The summed E-state index contributed by atoms with van der Waals surface area (Å²) in [6.07, 6.45) is 3.84. The van der Waals surface area contributed by atoms with E-state index in [2.05, 4.69) is 4.98 Å². The van der Waals surface area contributed by atoms with Gasteiger partial charge in [0.1, 0.15) is 0 Å². The molecular formula is C18H21ClN2O4. The number of nitrogens with zero attached hydrogens (tertiary/aromatic N) is 1. The third-order valence-electron chi connectivity index (χ3n) is 4.47. The smallest absolute Gasteiger partial charge is 0.305 e. The van der Waals surface area contributed by atoms with Gasteiger partial charge in [-0.05, 0) is 30.5 Å². The van der Waals surface area contributed by atoms with Gasteiger partial charge >= 0.3 is 5.97 Å². The molecule has 1 aliphatic rings. The number of rotatable bonds is 7. The van der Waals surface area contributed by atoms with Gasteiger partial charge in [-0.1, -0.05) is 17.7 Å². The van der Waals surface area contributed by atoms with Crippen molar-refractivity contribution in [3.63, 3.8) is 0 Å². The number of aliphatic carboxylic acids is 1. The van der Waals surface area contributed by atoms with E-state index in [0.29, 0.717) is 18.2 Å². The summed E-state index contributed by atoms with van der Waals surface area (Å²) in [4.78, 5) is 28.4. The number of aromatic nitrogens is 1. The highest BCUT2D eigenvalue weighted by molar-refractivity contribution is 6.31. The molecule has 2 N–H and O–H groups in total. The van der Waals surface area contributed by atoms with Gasteiger partial charge in [0.2, 0.25) is 5.91 Å². The van der Waals surface area contributed by atoms with E-state index in [-0.39, 0.29) is 31.4 Å². The molecule has 2 heterocycles. The van der Waals surface area contributed by atoms with E-state index in [0.717, 1.165) is 29.3 Å². The molecule has 1 fully saturated rings. The van der Waals surface area contributed by atoms with Crippen molar-refractivity contribution >= 4 is 34.4 Å². The molecule has 0 unspecified atom stereocenters. The van der Waals surface area contributed by atoms with Crippen LogP contribution in [0.25, 0.3) is 10.9 Å². The Bertz CT molecular complexity index is 768. The number of carbonyl (C=O) groups excluding carboxylic acids is 1. The number of carboxylic acids is 1. The van der Waals surface area contributed by atoms with E-state index in [1.54, 1.807) is 17.2 Å². The number of benzene rings is 1. The van der Waals surface area contributed by atoms with Crippen molar-refractivity contribution in [1.82, 2.24) is 9.88 Å². The highest BCUT2D eigenvalue weighted by atomic mass is 35.5. The van der Waals surface area contributed by atoms with Crippen molar-refractivity contribution in [2.24, 2.45) is 0 Å². The second kappa shape index (κ2) is 7.89. The quantitative estimate of drug-likeness (QED) is 0.791. The number of amides is 1. The van der Waals surface area contributed by atoms with Crippen LogP contribution in [-0.2, 0) is 20.7 Å². The second-order valence-electron chi connectivity index (χ2n) is 6.30. The van der Waals surface area contributed by atoms with Crippen LogP contribution in [0.3, 0.4) is 0 Å². The minimum Gasteiger partial charge on any atom is -0.481 e. The van der Waals surface area contributed by atoms with Crippen LogP contribution in [0.15, 0.2) is 24.4 Å². The average molecular weight is 365 g/mol. The summed E-state index contributed by atoms with van der Waals surface area (Å²) in [5.74, 6) is -1.00. The lowest BCUT2D eigenvalue weighted by molar-refractivity contribution is -0.139. The number of nitrogens with one attached hydrogen (secondary N) is 1. The number of fused-ring (bicyclic) bond motifs is 1. The van der Waals surface area contributed by atoms with Gasteiger partial charge in [-0.2, -0.15) is 0 Å². The first-order valence-corrected chi connectivity index (χ1v) is 8.77. The third-order valence-corrected chi connectivity index (χ3v) is 4.70. The molecule has 6 nitrogen and oxygen atoms in total. The Morgan fingerprint density at radius 1 is 1.40 bits per heavy atom. The van der Waals surface area contributed by atoms with Gasteiger partial charge in [0.25, 0.3) is 0 Å². The number of ether oxygens (including phenoxy) is 1. The molecule has 0 radical (unpaired) electrons. The molecule has 1 aliphatic heterocycles. The molecule has 25 heavy (non-hydrogen) atoms. The lowest BCUT2D eigenvalue weighted by Crippen LogP contribution is -2.39. The maximum Gasteiger partial charge on any atom is 0.305 e. The maximum absolute atomic E-state index is 12.8. The number of carboxylic acid groups (broad SMARTS) is 1. The summed E-state index contributed by atoms with van der Waals surface area (Å²) >= 11 is 5.99. The van der Waals surface area contributed by atoms with E-state index in [1.807, 2.05) is 12.1 Å². The summed E-state index contributed by atoms with van der Waals surface area (Å²) in [7, 11) is 0. The van der Waals surface area contributed by atoms with E-state index in [9.17, 15) is 9.59 Å². The molecule has 0 aliphatic carbocycles. The largest absolute Gasteiger partial charge is 0.481 e. The van der Waals surface area contributed by atoms with Crippen LogP contribution in [0, 0.1) is 0 Å². The SMILES string of the molecule is O=C(O)CCN(C[C@@H]1CCCO1)C(=O)Cc1c[nH]c2cc(Cl)ccc12. The van der Waals surface area contributed by atoms with Gasteiger partial charge in [-0.25, -0.2) is 0 Å². The number of H-pyrrole nitrogens is 1. The lowest BCUT2D eigenvalue weighted by Gasteiger charge is -2.25. The fourth-order valence-corrected chi connectivity index (χ4v) is 3.33. The molecule has 134 valence electrons. The zero-order chi connectivity index (χ0) is 17.8. The second-order valence-corrected chi connectivity index (χ2v) is 6.74. The van der Waals surface area contributed by atoms with Crippen molar-refractivity contribution in [2.45, 2.75) is 31.8 Å². The van der Waals surface area contributed by atoms with Crippen LogP contribution in [0.5, 0.6) is 0 Å². The zero-order valence-corrected chi connectivity index (χ0v) is 14.6. The third kappa shape index (κ3) is 4.52. The summed E-state index contributed by atoms with van der Waals surface area (Å²) < 4.78 is 5.60. The van der Waals surface area contributed by atoms with Gasteiger partial charge in [0.05, 0.1) is 18.9 Å². The standard InChI is InChI=1S/C18H21ClN2O4/c19-13-3-4-15-12(10-20-16(15)9-13)8-17(22)21(6-5-18(23)24)11-14-2-1-7-25-14/h3-4,9-10,14,20H,1-2,5-8,11H2,(H,23,24)/t14-/m0/s1. The highest BCUT2D eigenvalue weighted by Crippen LogP contribution is 2.23. The van der Waals surface area contributed by atoms with Gasteiger partial charge in [-0.3, -0.25) is 9.59 Å². The van der Waals surface area contributed by atoms with E-state index >= 15 is 0 Å². The van der Waals surface area contributed by atoms with Crippen molar-refractivity contribution in [3.8, 4) is 0 Å². The molecular weight excluding hydrogens is 344 g/mol. The van der Waals surface area contributed by atoms with Gasteiger partial charge < -0.3 is 19.7 Å².